The van der Waals surface area contributed by atoms with Crippen molar-refractivity contribution in [3.63, 3.8) is 0 Å². The van der Waals surface area contributed by atoms with Gasteiger partial charge in [-0.3, -0.25) is 0 Å². The molecule has 0 unspecified atom stereocenters. The van der Waals surface area contributed by atoms with Gasteiger partial charge in [-0.25, -0.2) is 0 Å². The fourth-order valence-corrected chi connectivity index (χ4v) is 13.5. The van der Waals surface area contributed by atoms with Gasteiger partial charge in [0.25, 0.3) is 0 Å². The van der Waals surface area contributed by atoms with Crippen molar-refractivity contribution in [1.82, 2.24) is 0 Å². The molecule has 0 aromatic heterocycles. The minimum Gasteiger partial charge on any atom is -0.0654 e. The van der Waals surface area contributed by atoms with Crippen molar-refractivity contribution in [2.45, 2.75) is 104 Å². The van der Waals surface area contributed by atoms with Crippen LogP contribution >= 0.6 is 31.9 Å². The summed E-state index contributed by atoms with van der Waals surface area (Å²) in [4.78, 5) is 0. The largest absolute Gasteiger partial charge is 0.180 e. The molecule has 0 saturated carbocycles. The molecule has 0 aliphatic carbocycles. The molecular weight excluding hydrogens is 668 g/mol. The van der Waals surface area contributed by atoms with E-state index in [1.54, 1.807) is 0 Å². The van der Waals surface area contributed by atoms with Gasteiger partial charge in [0.15, 0.2) is 8.07 Å². The molecule has 4 aromatic carbocycles. The number of rotatable bonds is 16. The summed E-state index contributed by atoms with van der Waals surface area (Å²) in [5.41, 5.74) is 5.73. The Morgan fingerprint density at radius 3 is 1.21 bits per heavy atom. The second kappa shape index (κ2) is 15.9. The van der Waals surface area contributed by atoms with Gasteiger partial charge in [-0.15, -0.1) is 0 Å². The van der Waals surface area contributed by atoms with Gasteiger partial charge >= 0.3 is 0 Å². The molecule has 5 rings (SSSR count). The van der Waals surface area contributed by atoms with E-state index in [9.17, 15) is 0 Å². The highest BCUT2D eigenvalue weighted by Crippen LogP contribution is 2.32. The van der Waals surface area contributed by atoms with E-state index < -0.39 is 8.07 Å². The van der Waals surface area contributed by atoms with Gasteiger partial charge < -0.3 is 0 Å². The lowest BCUT2D eigenvalue weighted by Gasteiger charge is -2.32. The molecule has 3 heteroatoms. The highest BCUT2D eigenvalue weighted by atomic mass is 79.9. The number of aryl methyl sites for hydroxylation is 2. The van der Waals surface area contributed by atoms with Crippen molar-refractivity contribution in [1.29, 1.82) is 0 Å². The maximum Gasteiger partial charge on any atom is 0.180 e. The normalized spacial score (nSPS) is 13.2. The minimum atomic E-state index is -2.50. The molecule has 0 bridgehead atoms. The first-order valence-corrected chi connectivity index (χ1v) is 20.5. The predicted octanol–water partition coefficient (Wildman–Crippen LogP) is 10.4. The molecule has 1 heterocycles. The van der Waals surface area contributed by atoms with Gasteiger partial charge in [-0.1, -0.05) is 171 Å². The fraction of sp³-hybridized carbons (Fsp3) is 0.400. The monoisotopic (exact) mass is 714 g/mol. The summed E-state index contributed by atoms with van der Waals surface area (Å²) >= 11 is 7.72. The molecule has 0 radical (unpaired) electrons. The lowest BCUT2D eigenvalue weighted by atomic mass is 10.1. The van der Waals surface area contributed by atoms with Crippen LogP contribution in [-0.4, -0.2) is 8.07 Å². The van der Waals surface area contributed by atoms with Gasteiger partial charge in [0.05, 0.1) is 0 Å². The van der Waals surface area contributed by atoms with Crippen LogP contribution in [0.3, 0.4) is 0 Å². The first-order valence-electron chi connectivity index (χ1n) is 16.9. The van der Waals surface area contributed by atoms with Crippen LogP contribution in [0.2, 0.25) is 0 Å². The molecule has 4 aromatic rings. The Balaban J connectivity index is 1.49. The van der Waals surface area contributed by atoms with Crippen LogP contribution in [0, 0.1) is 0 Å². The Labute approximate surface area is 279 Å². The van der Waals surface area contributed by atoms with Crippen molar-refractivity contribution < 1.29 is 0 Å². The van der Waals surface area contributed by atoms with Crippen LogP contribution in [0.25, 0.3) is 11.1 Å². The lowest BCUT2D eigenvalue weighted by molar-refractivity contribution is 0.607. The summed E-state index contributed by atoms with van der Waals surface area (Å²) in [6.07, 6.45) is 18.5. The zero-order valence-electron chi connectivity index (χ0n) is 26.2. The van der Waals surface area contributed by atoms with E-state index in [0.29, 0.717) is 0 Å². The summed E-state index contributed by atoms with van der Waals surface area (Å²) in [6, 6.07) is 33.5. The zero-order chi connectivity index (χ0) is 30.1. The maximum atomic E-state index is 3.86. The van der Waals surface area contributed by atoms with E-state index in [1.165, 1.54) is 133 Å². The number of hydrogen-bond donors (Lipinski definition) is 0. The molecule has 1 aliphatic heterocycles. The molecule has 0 saturated heterocycles. The van der Waals surface area contributed by atoms with Crippen LogP contribution < -0.4 is 20.7 Å². The van der Waals surface area contributed by atoms with Gasteiger partial charge in [-0.2, -0.15) is 0 Å². The number of fused-ring (bicyclic) bond motifs is 3. The smallest absolute Gasteiger partial charge is 0.0654 e. The lowest BCUT2D eigenvalue weighted by Crippen LogP contribution is -2.72. The average Bonchev–Trinajstić information content (AvgIpc) is 3.30. The van der Waals surface area contributed by atoms with E-state index in [1.807, 2.05) is 0 Å². The summed E-state index contributed by atoms with van der Waals surface area (Å²) in [5.74, 6) is 0. The summed E-state index contributed by atoms with van der Waals surface area (Å²) in [5, 5.41) is 5.97. The summed E-state index contributed by atoms with van der Waals surface area (Å²) in [6.45, 7) is 4.59. The Morgan fingerprint density at radius 2 is 0.814 bits per heavy atom. The molecule has 0 fully saturated rings. The van der Waals surface area contributed by atoms with E-state index in [-0.39, 0.29) is 0 Å². The first-order chi connectivity index (χ1) is 21.1. The molecule has 43 heavy (non-hydrogen) atoms. The highest BCUT2D eigenvalue weighted by molar-refractivity contribution is 9.10. The number of hydrogen-bond acceptors (Lipinski definition) is 0. The Kier molecular flexibility index (Phi) is 12.0. The molecule has 0 nitrogen and oxygen atoms in total. The van der Waals surface area contributed by atoms with Crippen molar-refractivity contribution in [2.24, 2.45) is 0 Å². The molecule has 0 N–H and O–H groups in total. The second-order valence-corrected chi connectivity index (χ2v) is 18.1. The van der Waals surface area contributed by atoms with Crippen molar-refractivity contribution in [3.8, 4) is 11.1 Å². The van der Waals surface area contributed by atoms with Crippen molar-refractivity contribution >= 4 is 60.7 Å². The SMILES string of the molecule is CCCCCCCCc1ccc([Si]2(c3ccc(CCCCCCCC)cc3)c3cc(Br)ccc3-c3ccc(Br)cc32)cc1. The number of halogens is 2. The first kappa shape index (κ1) is 32.5. The van der Waals surface area contributed by atoms with Crippen LogP contribution in [0.5, 0.6) is 0 Å². The molecule has 0 amide bonds. The average molecular weight is 717 g/mol. The third-order valence-electron chi connectivity index (χ3n) is 9.47. The van der Waals surface area contributed by atoms with Gasteiger partial charge in [-0.05, 0) is 92.9 Å². The summed E-state index contributed by atoms with van der Waals surface area (Å²) in [7, 11) is -2.50. The molecule has 226 valence electrons. The second-order valence-electron chi connectivity index (χ2n) is 12.6. The standard InChI is InChI=1S/C40H48Br2Si/c1-3-5-7-9-11-13-15-31-17-23-35(24-18-31)43(36-25-19-32(20-26-36)16-14-12-10-8-6-4-2)39-29-33(41)21-27-37(39)38-28-22-34(42)30-40(38)43/h17-30H,3-16H2,1-2H3. The molecular formula is C40H48Br2Si. The topological polar surface area (TPSA) is 0 Å². The molecule has 1 aliphatic rings. The van der Waals surface area contributed by atoms with Crippen LogP contribution in [0.15, 0.2) is 93.9 Å². The summed E-state index contributed by atoms with van der Waals surface area (Å²) < 4.78 is 2.32. The Hall–Kier alpha value is -1.94. The third-order valence-corrected chi connectivity index (χ3v) is 15.3. The predicted molar refractivity (Wildman–Crippen MR) is 199 cm³/mol. The third kappa shape index (κ3) is 7.48. The Bertz CT molecular complexity index is 1340. The van der Waals surface area contributed by atoms with Gasteiger partial charge in [0.2, 0.25) is 0 Å². The van der Waals surface area contributed by atoms with Crippen LogP contribution in [0.1, 0.15) is 102 Å². The molecule has 0 atom stereocenters. The number of unbranched alkanes of at least 4 members (excludes halogenated alkanes) is 10. The van der Waals surface area contributed by atoms with E-state index >= 15 is 0 Å². The highest BCUT2D eigenvalue weighted by Gasteiger charge is 2.48. The van der Waals surface area contributed by atoms with E-state index in [2.05, 4.69) is 131 Å². The van der Waals surface area contributed by atoms with Crippen LogP contribution in [0.4, 0.5) is 0 Å². The van der Waals surface area contributed by atoms with Crippen molar-refractivity contribution in [2.75, 3.05) is 0 Å². The fourth-order valence-electron chi connectivity index (χ4n) is 7.12. The van der Waals surface area contributed by atoms with Crippen LogP contribution in [-0.2, 0) is 12.8 Å². The zero-order valence-corrected chi connectivity index (χ0v) is 30.4. The van der Waals surface area contributed by atoms with Gasteiger partial charge in [0, 0.05) is 8.95 Å². The van der Waals surface area contributed by atoms with Crippen molar-refractivity contribution in [3.05, 3.63) is 105 Å². The minimum absolute atomic E-state index is 1.16. The maximum absolute atomic E-state index is 3.86. The van der Waals surface area contributed by atoms with Gasteiger partial charge in [0.1, 0.15) is 0 Å². The Morgan fingerprint density at radius 1 is 0.442 bits per heavy atom. The molecule has 0 spiro atoms. The quantitative estimate of drug-likeness (QED) is 0.0705. The number of benzene rings is 4. The van der Waals surface area contributed by atoms with E-state index in [0.717, 1.165) is 8.95 Å². The van der Waals surface area contributed by atoms with E-state index in [4.69, 9.17) is 0 Å².